The number of thiophene rings is 1. The number of hydrogen-bond donors (Lipinski definition) is 1. The molecule has 4 heteroatoms. The molecule has 2 rings (SSSR count). The molecule has 0 radical (unpaired) electrons. The van der Waals surface area contributed by atoms with Gasteiger partial charge in [-0.05, 0) is 59.4 Å². The first kappa shape index (κ1) is 19.7. The van der Waals surface area contributed by atoms with Gasteiger partial charge >= 0.3 is 0 Å². The van der Waals surface area contributed by atoms with E-state index in [1.54, 1.807) is 11.3 Å². The zero-order chi connectivity index (χ0) is 18.4. The average Bonchev–Trinajstić information content (AvgIpc) is 3.06. The third-order valence-electron chi connectivity index (χ3n) is 4.50. The zero-order valence-corrected chi connectivity index (χ0v) is 16.8. The number of benzene rings is 1. The van der Waals surface area contributed by atoms with Crippen LogP contribution in [0.15, 0.2) is 41.1 Å². The standard InChI is InChI=1S/C21H30N2OS/c1-21(2,3)18-9-6-16(7-10-18)8-11-20(24)22-14-19(23(4)5)17-12-13-25-15-17/h6-7,9-10,12-13,15,19H,8,11,14H2,1-5H3,(H,22,24). The van der Waals surface area contributed by atoms with E-state index in [-0.39, 0.29) is 17.4 Å². The lowest BCUT2D eigenvalue weighted by atomic mass is 9.86. The maximum Gasteiger partial charge on any atom is 0.220 e. The Bertz CT molecular complexity index is 654. The Labute approximate surface area is 156 Å². The highest BCUT2D eigenvalue weighted by molar-refractivity contribution is 7.07. The van der Waals surface area contributed by atoms with Gasteiger partial charge in [0, 0.05) is 13.0 Å². The minimum atomic E-state index is 0.113. The molecule has 0 saturated carbocycles. The molecule has 1 aromatic carbocycles. The van der Waals surface area contributed by atoms with Gasteiger partial charge < -0.3 is 10.2 Å². The molecule has 1 N–H and O–H groups in total. The van der Waals surface area contributed by atoms with Crippen LogP contribution in [0.1, 0.15) is 49.9 Å². The topological polar surface area (TPSA) is 32.3 Å². The molecule has 0 aliphatic carbocycles. The molecule has 3 nitrogen and oxygen atoms in total. The molecule has 0 aliphatic heterocycles. The van der Waals surface area contributed by atoms with Crippen molar-refractivity contribution < 1.29 is 4.79 Å². The van der Waals surface area contributed by atoms with Gasteiger partial charge in [-0.25, -0.2) is 0 Å². The molecule has 136 valence electrons. The lowest BCUT2D eigenvalue weighted by Crippen LogP contribution is -2.34. The summed E-state index contributed by atoms with van der Waals surface area (Å²) in [5.74, 6) is 0.113. The van der Waals surface area contributed by atoms with Gasteiger partial charge in [0.2, 0.25) is 5.91 Å². The number of amides is 1. The Hall–Kier alpha value is -1.65. The number of nitrogens with one attached hydrogen (secondary N) is 1. The quantitative estimate of drug-likeness (QED) is 0.796. The van der Waals surface area contributed by atoms with Crippen LogP contribution in [0.3, 0.4) is 0 Å². The average molecular weight is 359 g/mol. The predicted octanol–water partition coefficient (Wildman–Crippen LogP) is 4.40. The van der Waals surface area contributed by atoms with Crippen molar-refractivity contribution in [3.63, 3.8) is 0 Å². The summed E-state index contributed by atoms with van der Waals surface area (Å²) < 4.78 is 0. The van der Waals surface area contributed by atoms with Gasteiger partial charge in [-0.1, -0.05) is 45.0 Å². The number of carbonyl (C=O) groups excluding carboxylic acids is 1. The number of nitrogens with zero attached hydrogens (tertiary/aromatic N) is 1. The van der Waals surface area contributed by atoms with Crippen LogP contribution in [0.4, 0.5) is 0 Å². The van der Waals surface area contributed by atoms with E-state index < -0.39 is 0 Å². The van der Waals surface area contributed by atoms with E-state index in [1.807, 2.05) is 14.1 Å². The molecule has 0 fully saturated rings. The van der Waals surface area contributed by atoms with Crippen LogP contribution >= 0.6 is 11.3 Å². The summed E-state index contributed by atoms with van der Waals surface area (Å²) in [5.41, 5.74) is 3.96. The lowest BCUT2D eigenvalue weighted by molar-refractivity contribution is -0.121. The number of likely N-dealkylation sites (N-methyl/N-ethyl adjacent to an activating group) is 1. The molecular weight excluding hydrogens is 328 g/mol. The lowest BCUT2D eigenvalue weighted by Gasteiger charge is -2.24. The van der Waals surface area contributed by atoms with Crippen LogP contribution in [0, 0.1) is 0 Å². The zero-order valence-electron chi connectivity index (χ0n) is 16.0. The third kappa shape index (κ3) is 5.98. The van der Waals surface area contributed by atoms with E-state index in [9.17, 15) is 4.79 Å². The summed E-state index contributed by atoms with van der Waals surface area (Å²) in [6.45, 7) is 7.28. The SMILES string of the molecule is CN(C)C(CNC(=O)CCc1ccc(C(C)(C)C)cc1)c1ccsc1. The third-order valence-corrected chi connectivity index (χ3v) is 5.21. The van der Waals surface area contributed by atoms with Gasteiger partial charge in [0.1, 0.15) is 0 Å². The van der Waals surface area contributed by atoms with Gasteiger partial charge in [-0.15, -0.1) is 0 Å². The van der Waals surface area contributed by atoms with Gasteiger partial charge in [-0.3, -0.25) is 4.79 Å². The molecule has 1 amide bonds. The van der Waals surface area contributed by atoms with Crippen LogP contribution < -0.4 is 5.32 Å². The Morgan fingerprint density at radius 3 is 2.36 bits per heavy atom. The van der Waals surface area contributed by atoms with Gasteiger partial charge in [0.05, 0.1) is 6.04 Å². The van der Waals surface area contributed by atoms with E-state index in [1.165, 1.54) is 16.7 Å². The Balaban J connectivity index is 1.82. The Kier molecular flexibility index (Phi) is 6.79. The largest absolute Gasteiger partial charge is 0.354 e. The summed E-state index contributed by atoms with van der Waals surface area (Å²) in [5, 5.41) is 7.31. The first-order valence-electron chi connectivity index (χ1n) is 8.82. The van der Waals surface area contributed by atoms with E-state index in [0.717, 1.165) is 6.42 Å². The molecular formula is C21H30N2OS. The molecule has 0 saturated heterocycles. The molecule has 1 atom stereocenters. The number of carbonyl (C=O) groups is 1. The van der Waals surface area contributed by atoms with Crippen molar-refractivity contribution in [1.29, 1.82) is 0 Å². The highest BCUT2D eigenvalue weighted by Crippen LogP contribution is 2.22. The summed E-state index contributed by atoms with van der Waals surface area (Å²) in [7, 11) is 4.09. The number of rotatable bonds is 7. The van der Waals surface area contributed by atoms with Crippen LogP contribution in [0.2, 0.25) is 0 Å². The first-order chi connectivity index (χ1) is 11.8. The van der Waals surface area contributed by atoms with E-state index in [0.29, 0.717) is 13.0 Å². The van der Waals surface area contributed by atoms with Gasteiger partial charge in [0.15, 0.2) is 0 Å². The van der Waals surface area contributed by atoms with Crippen molar-refractivity contribution >= 4 is 17.2 Å². The van der Waals surface area contributed by atoms with E-state index in [4.69, 9.17) is 0 Å². The molecule has 2 aromatic rings. The Morgan fingerprint density at radius 2 is 1.84 bits per heavy atom. The molecule has 0 aliphatic rings. The summed E-state index contributed by atoms with van der Waals surface area (Å²) >= 11 is 1.69. The second kappa shape index (κ2) is 8.63. The van der Waals surface area contributed by atoms with Crippen LogP contribution in [0.25, 0.3) is 0 Å². The maximum atomic E-state index is 12.2. The second-order valence-corrected chi connectivity index (χ2v) is 8.57. The van der Waals surface area contributed by atoms with Crippen molar-refractivity contribution in [2.24, 2.45) is 0 Å². The molecule has 1 heterocycles. The van der Waals surface area contributed by atoms with Crippen molar-refractivity contribution in [3.05, 3.63) is 57.8 Å². The Morgan fingerprint density at radius 1 is 1.16 bits per heavy atom. The smallest absolute Gasteiger partial charge is 0.220 e. The summed E-state index contributed by atoms with van der Waals surface area (Å²) in [6, 6.07) is 11.0. The second-order valence-electron chi connectivity index (χ2n) is 7.79. The van der Waals surface area contributed by atoms with Crippen molar-refractivity contribution in [2.45, 2.75) is 45.1 Å². The van der Waals surface area contributed by atoms with Gasteiger partial charge in [-0.2, -0.15) is 11.3 Å². The molecule has 1 aromatic heterocycles. The molecule has 25 heavy (non-hydrogen) atoms. The number of hydrogen-bond acceptors (Lipinski definition) is 3. The molecule has 1 unspecified atom stereocenters. The van der Waals surface area contributed by atoms with Crippen molar-refractivity contribution in [1.82, 2.24) is 10.2 Å². The summed E-state index contributed by atoms with van der Waals surface area (Å²) in [6.07, 6.45) is 1.31. The fourth-order valence-electron chi connectivity index (χ4n) is 2.79. The monoisotopic (exact) mass is 358 g/mol. The van der Waals surface area contributed by atoms with E-state index in [2.05, 4.69) is 72.1 Å². The predicted molar refractivity (Wildman–Crippen MR) is 107 cm³/mol. The highest BCUT2D eigenvalue weighted by atomic mass is 32.1. The number of aryl methyl sites for hydroxylation is 1. The normalized spacial score (nSPS) is 13.0. The minimum absolute atomic E-state index is 0.113. The molecule has 0 spiro atoms. The highest BCUT2D eigenvalue weighted by Gasteiger charge is 2.16. The van der Waals surface area contributed by atoms with Crippen molar-refractivity contribution in [3.8, 4) is 0 Å². The van der Waals surface area contributed by atoms with Crippen LogP contribution in [-0.2, 0) is 16.6 Å². The molecule has 0 bridgehead atoms. The van der Waals surface area contributed by atoms with Crippen LogP contribution in [0.5, 0.6) is 0 Å². The van der Waals surface area contributed by atoms with Gasteiger partial charge in [0.25, 0.3) is 0 Å². The fourth-order valence-corrected chi connectivity index (χ4v) is 3.50. The minimum Gasteiger partial charge on any atom is -0.354 e. The van der Waals surface area contributed by atoms with Crippen LogP contribution in [-0.4, -0.2) is 31.4 Å². The first-order valence-corrected chi connectivity index (χ1v) is 9.76. The van der Waals surface area contributed by atoms with Crippen molar-refractivity contribution in [2.75, 3.05) is 20.6 Å². The van der Waals surface area contributed by atoms with E-state index >= 15 is 0 Å². The fraction of sp³-hybridized carbons (Fsp3) is 0.476. The maximum absolute atomic E-state index is 12.2. The summed E-state index contributed by atoms with van der Waals surface area (Å²) in [4.78, 5) is 14.4.